The van der Waals surface area contributed by atoms with Gasteiger partial charge in [-0.2, -0.15) is 5.10 Å². The lowest BCUT2D eigenvalue weighted by molar-refractivity contribution is 0.102. The number of aromatic nitrogens is 3. The summed E-state index contributed by atoms with van der Waals surface area (Å²) in [7, 11) is 2.12. The molecule has 1 aromatic carbocycles. The lowest BCUT2D eigenvalue weighted by atomic mass is 10.2. The number of amides is 1. The van der Waals surface area contributed by atoms with Crippen LogP contribution in [0.3, 0.4) is 0 Å². The van der Waals surface area contributed by atoms with Gasteiger partial charge < -0.3 is 25.4 Å². The molecule has 0 spiro atoms. The third-order valence-corrected chi connectivity index (χ3v) is 5.02. The van der Waals surface area contributed by atoms with Crippen molar-refractivity contribution in [3.05, 3.63) is 70.8 Å². The van der Waals surface area contributed by atoms with Crippen molar-refractivity contribution in [3.63, 3.8) is 0 Å². The minimum atomic E-state index is -0.504. The van der Waals surface area contributed by atoms with Gasteiger partial charge in [-0.05, 0) is 49.5 Å². The fourth-order valence-corrected chi connectivity index (χ4v) is 3.33. The molecule has 4 rings (SSSR count). The highest BCUT2D eigenvalue weighted by molar-refractivity contribution is 6.08. The van der Waals surface area contributed by atoms with E-state index in [1.54, 1.807) is 24.4 Å². The van der Waals surface area contributed by atoms with Crippen molar-refractivity contribution < 1.29 is 4.79 Å². The van der Waals surface area contributed by atoms with Crippen molar-refractivity contribution in [1.82, 2.24) is 20.1 Å². The van der Waals surface area contributed by atoms with Crippen molar-refractivity contribution in [3.8, 4) is 0 Å². The van der Waals surface area contributed by atoms with E-state index in [1.165, 1.54) is 6.20 Å². The maximum Gasteiger partial charge on any atom is 0.263 e. The number of benzene rings is 1. The SMILES string of the molecule is CN1CCN(c2ccc(NC(=O)c3c(Nc4cccnn4)cc[nH]c3=O)cc2)CC1. The van der Waals surface area contributed by atoms with E-state index < -0.39 is 11.5 Å². The topological polar surface area (TPSA) is 106 Å². The number of hydrogen-bond acceptors (Lipinski definition) is 7. The van der Waals surface area contributed by atoms with Crippen LogP contribution in [0.25, 0.3) is 0 Å². The molecule has 0 aliphatic carbocycles. The summed E-state index contributed by atoms with van der Waals surface area (Å²) >= 11 is 0. The van der Waals surface area contributed by atoms with Gasteiger partial charge in [-0.3, -0.25) is 9.59 Å². The van der Waals surface area contributed by atoms with Crippen LogP contribution in [-0.2, 0) is 0 Å². The molecule has 30 heavy (non-hydrogen) atoms. The van der Waals surface area contributed by atoms with Crippen LogP contribution in [0.4, 0.5) is 22.9 Å². The first-order chi connectivity index (χ1) is 14.6. The van der Waals surface area contributed by atoms with Gasteiger partial charge in [0, 0.05) is 49.9 Å². The number of hydrogen-bond donors (Lipinski definition) is 3. The summed E-state index contributed by atoms with van der Waals surface area (Å²) in [6.07, 6.45) is 3.02. The number of carbonyl (C=O) groups excluding carboxylic acids is 1. The lowest BCUT2D eigenvalue weighted by Crippen LogP contribution is -2.44. The molecule has 3 heterocycles. The smallest absolute Gasteiger partial charge is 0.263 e. The zero-order valence-corrected chi connectivity index (χ0v) is 16.6. The summed E-state index contributed by atoms with van der Waals surface area (Å²) in [5, 5.41) is 13.5. The molecule has 154 valence electrons. The third-order valence-electron chi connectivity index (χ3n) is 5.02. The third kappa shape index (κ3) is 4.47. The van der Waals surface area contributed by atoms with Crippen LogP contribution >= 0.6 is 0 Å². The highest BCUT2D eigenvalue weighted by Crippen LogP contribution is 2.21. The van der Waals surface area contributed by atoms with E-state index >= 15 is 0 Å². The molecular weight excluding hydrogens is 382 g/mol. The van der Waals surface area contributed by atoms with Gasteiger partial charge in [0.2, 0.25) is 0 Å². The van der Waals surface area contributed by atoms with E-state index in [9.17, 15) is 9.59 Å². The number of nitrogens with zero attached hydrogens (tertiary/aromatic N) is 4. The number of nitrogens with one attached hydrogen (secondary N) is 3. The van der Waals surface area contributed by atoms with Crippen LogP contribution < -0.4 is 21.1 Å². The lowest BCUT2D eigenvalue weighted by Gasteiger charge is -2.34. The van der Waals surface area contributed by atoms with Crippen molar-refractivity contribution in [2.45, 2.75) is 0 Å². The van der Waals surface area contributed by atoms with E-state index in [1.807, 2.05) is 24.3 Å². The second-order valence-corrected chi connectivity index (χ2v) is 7.12. The average Bonchev–Trinajstić information content (AvgIpc) is 2.76. The molecule has 0 bridgehead atoms. The Kier molecular flexibility index (Phi) is 5.71. The van der Waals surface area contributed by atoms with Crippen LogP contribution in [0.15, 0.2) is 59.7 Å². The van der Waals surface area contributed by atoms with Gasteiger partial charge in [0.1, 0.15) is 5.56 Å². The van der Waals surface area contributed by atoms with Crippen molar-refractivity contribution in [2.24, 2.45) is 0 Å². The molecule has 0 unspecified atom stereocenters. The zero-order valence-electron chi connectivity index (χ0n) is 16.6. The minimum absolute atomic E-state index is 0.0219. The summed E-state index contributed by atoms with van der Waals surface area (Å²) in [6.45, 7) is 3.99. The highest BCUT2D eigenvalue weighted by Gasteiger charge is 2.18. The van der Waals surface area contributed by atoms with Gasteiger partial charge in [0.25, 0.3) is 11.5 Å². The average molecular weight is 405 g/mol. The Morgan fingerprint density at radius 3 is 2.53 bits per heavy atom. The van der Waals surface area contributed by atoms with E-state index in [0.717, 1.165) is 31.9 Å². The van der Waals surface area contributed by atoms with E-state index in [-0.39, 0.29) is 5.56 Å². The number of carbonyl (C=O) groups is 1. The number of rotatable bonds is 5. The van der Waals surface area contributed by atoms with Gasteiger partial charge in [-0.15, -0.1) is 5.10 Å². The fourth-order valence-electron chi connectivity index (χ4n) is 3.33. The molecule has 1 amide bonds. The molecule has 1 aliphatic heterocycles. The monoisotopic (exact) mass is 405 g/mol. The van der Waals surface area contributed by atoms with Crippen LogP contribution in [0, 0.1) is 0 Å². The van der Waals surface area contributed by atoms with Gasteiger partial charge in [-0.1, -0.05) is 0 Å². The molecule has 0 radical (unpaired) electrons. The molecule has 1 saturated heterocycles. The molecule has 1 aliphatic rings. The van der Waals surface area contributed by atoms with Gasteiger partial charge in [0.15, 0.2) is 5.82 Å². The minimum Gasteiger partial charge on any atom is -0.369 e. The number of aromatic amines is 1. The van der Waals surface area contributed by atoms with E-state index in [2.05, 4.69) is 42.7 Å². The zero-order chi connectivity index (χ0) is 20.9. The summed E-state index contributed by atoms with van der Waals surface area (Å²) in [5.41, 5.74) is 1.57. The van der Waals surface area contributed by atoms with Crippen LogP contribution in [-0.4, -0.2) is 59.2 Å². The Morgan fingerprint density at radius 2 is 1.83 bits per heavy atom. The molecule has 9 nitrogen and oxygen atoms in total. The summed E-state index contributed by atoms with van der Waals surface area (Å²) in [6, 6.07) is 12.7. The Morgan fingerprint density at radius 1 is 1.07 bits per heavy atom. The molecule has 2 aromatic heterocycles. The van der Waals surface area contributed by atoms with Crippen LogP contribution in [0.5, 0.6) is 0 Å². The first kappa shape index (κ1) is 19.6. The maximum atomic E-state index is 12.8. The largest absolute Gasteiger partial charge is 0.369 e. The Balaban J connectivity index is 1.49. The van der Waals surface area contributed by atoms with Crippen LogP contribution in [0.1, 0.15) is 10.4 Å². The molecule has 0 atom stereocenters. The maximum absolute atomic E-state index is 12.8. The summed E-state index contributed by atoms with van der Waals surface area (Å²) in [4.78, 5) is 32.4. The predicted octanol–water partition coefficient (Wildman–Crippen LogP) is 1.91. The van der Waals surface area contributed by atoms with Crippen molar-refractivity contribution in [2.75, 3.05) is 48.8 Å². The molecule has 3 aromatic rings. The van der Waals surface area contributed by atoms with E-state index in [0.29, 0.717) is 17.2 Å². The Hall–Kier alpha value is -3.72. The molecule has 9 heteroatoms. The van der Waals surface area contributed by atoms with Crippen molar-refractivity contribution >= 4 is 28.8 Å². The van der Waals surface area contributed by atoms with Gasteiger partial charge >= 0.3 is 0 Å². The number of piperazine rings is 1. The normalized spacial score (nSPS) is 14.4. The number of anilines is 4. The number of pyridine rings is 1. The van der Waals surface area contributed by atoms with Gasteiger partial charge in [0.05, 0.1) is 5.69 Å². The second kappa shape index (κ2) is 8.75. The van der Waals surface area contributed by atoms with E-state index in [4.69, 9.17) is 0 Å². The predicted molar refractivity (Wildman–Crippen MR) is 116 cm³/mol. The second-order valence-electron chi connectivity index (χ2n) is 7.12. The standard InChI is InChI=1S/C21H23N7O2/c1-27-11-13-28(14-12-27)16-6-4-15(5-7-16)24-21(30)19-17(8-10-22-20(19)29)25-18-3-2-9-23-26-18/h2-10H,11-14H2,1H3,(H,24,30)(H2,22,25,26,29). The molecule has 0 saturated carbocycles. The van der Waals surface area contributed by atoms with Crippen molar-refractivity contribution in [1.29, 1.82) is 0 Å². The molecule has 1 fully saturated rings. The first-order valence-corrected chi connectivity index (χ1v) is 9.71. The first-order valence-electron chi connectivity index (χ1n) is 9.71. The van der Waals surface area contributed by atoms with Gasteiger partial charge in [-0.25, -0.2) is 0 Å². The molecular formula is C21H23N7O2. The Labute approximate surface area is 173 Å². The Bertz CT molecular complexity index is 1060. The quantitative estimate of drug-likeness (QED) is 0.595. The summed E-state index contributed by atoms with van der Waals surface area (Å²) < 4.78 is 0. The molecule has 3 N–H and O–H groups in total. The van der Waals surface area contributed by atoms with Crippen LogP contribution in [0.2, 0.25) is 0 Å². The highest BCUT2D eigenvalue weighted by atomic mass is 16.2. The fraction of sp³-hybridized carbons (Fsp3) is 0.238. The number of likely N-dealkylation sites (N-methyl/N-ethyl adjacent to an activating group) is 1. The number of H-pyrrole nitrogens is 1. The summed E-state index contributed by atoms with van der Waals surface area (Å²) in [5.74, 6) is -0.0655.